The van der Waals surface area contributed by atoms with Crippen LogP contribution in [0.2, 0.25) is 0 Å². The smallest absolute Gasteiger partial charge is 0.242 e. The van der Waals surface area contributed by atoms with E-state index < -0.39 is 0 Å². The van der Waals surface area contributed by atoms with Crippen LogP contribution in [0, 0.1) is 9.87 Å². The molecule has 1 aromatic heterocycles. The van der Waals surface area contributed by atoms with E-state index in [1.54, 1.807) is 0 Å². The van der Waals surface area contributed by atoms with Crippen LogP contribution >= 0.6 is 23.6 Å². The Labute approximate surface area is 103 Å². The summed E-state index contributed by atoms with van der Waals surface area (Å²) in [6.45, 7) is 0. The minimum Gasteiger partial charge on any atom is -0.493 e. The summed E-state index contributed by atoms with van der Waals surface area (Å²) in [4.78, 5) is 11.9. The molecule has 0 spiro atoms. The maximum absolute atomic E-state index is 11.9. The van der Waals surface area contributed by atoms with Gasteiger partial charge in [-0.3, -0.25) is 10.2 Å². The summed E-state index contributed by atoms with van der Waals surface area (Å²) in [5.41, 5.74) is 2.66. The van der Waals surface area contributed by atoms with E-state index in [2.05, 4.69) is 5.43 Å². The van der Waals surface area contributed by atoms with E-state index in [4.69, 9.17) is 12.2 Å². The molecule has 1 fully saturated rings. The van der Waals surface area contributed by atoms with Crippen LogP contribution in [-0.4, -0.2) is 15.7 Å². The van der Waals surface area contributed by atoms with Crippen molar-refractivity contribution in [3.8, 4) is 5.88 Å². The molecule has 0 radical (unpaired) electrons. The summed E-state index contributed by atoms with van der Waals surface area (Å²) in [5, 5.41) is 11.0. The van der Waals surface area contributed by atoms with Gasteiger partial charge < -0.3 is 5.11 Å². The number of aromatic hydroxyl groups is 1. The molecule has 0 aliphatic heterocycles. The molecule has 2 N–H and O–H groups in total. The lowest BCUT2D eigenvalue weighted by atomic mass is 9.89. The number of carbonyl (C=O) groups is 1. The van der Waals surface area contributed by atoms with Crippen molar-refractivity contribution in [2.75, 3.05) is 5.43 Å². The molecule has 16 heavy (non-hydrogen) atoms. The van der Waals surface area contributed by atoms with Crippen molar-refractivity contribution in [1.29, 1.82) is 0 Å². The zero-order valence-corrected chi connectivity index (χ0v) is 10.4. The van der Waals surface area contributed by atoms with Crippen LogP contribution < -0.4 is 5.43 Å². The average molecular weight is 258 g/mol. The third kappa shape index (κ3) is 2.44. The standard InChI is InChI=1S/C10H14N2O2S2/c13-8-6-16-10(15)12(8)11-9(14)7-4-2-1-3-5-7/h6-7,13H,1-5H2,(H,11,14). The summed E-state index contributed by atoms with van der Waals surface area (Å²) in [5.74, 6) is 0.0265. The number of carbonyl (C=O) groups excluding carboxylic acids is 1. The normalized spacial score (nSPS) is 17.2. The fraction of sp³-hybridized carbons (Fsp3) is 0.600. The maximum Gasteiger partial charge on any atom is 0.242 e. The van der Waals surface area contributed by atoms with Crippen LogP contribution in [0.3, 0.4) is 0 Å². The van der Waals surface area contributed by atoms with Gasteiger partial charge in [0.2, 0.25) is 11.8 Å². The van der Waals surface area contributed by atoms with Crippen molar-refractivity contribution in [2.24, 2.45) is 5.92 Å². The summed E-state index contributed by atoms with van der Waals surface area (Å²) < 4.78 is 1.73. The second kappa shape index (κ2) is 4.97. The third-order valence-electron chi connectivity index (χ3n) is 2.87. The first-order valence-corrected chi connectivity index (χ1v) is 6.67. The Kier molecular flexibility index (Phi) is 3.60. The molecule has 1 aromatic rings. The first-order valence-electron chi connectivity index (χ1n) is 5.39. The highest BCUT2D eigenvalue weighted by molar-refractivity contribution is 7.73. The molecule has 2 rings (SSSR count). The topological polar surface area (TPSA) is 54.3 Å². The van der Waals surface area contributed by atoms with E-state index in [1.165, 1.54) is 27.8 Å². The van der Waals surface area contributed by atoms with Crippen LogP contribution in [0.5, 0.6) is 5.88 Å². The molecule has 0 aromatic carbocycles. The molecule has 4 nitrogen and oxygen atoms in total. The lowest BCUT2D eigenvalue weighted by Gasteiger charge is -2.20. The summed E-state index contributed by atoms with van der Waals surface area (Å²) in [6, 6.07) is 0. The van der Waals surface area contributed by atoms with E-state index in [0.29, 0.717) is 3.95 Å². The van der Waals surface area contributed by atoms with Crippen LogP contribution in [0.25, 0.3) is 0 Å². The first kappa shape index (κ1) is 11.6. The van der Waals surface area contributed by atoms with Crippen molar-refractivity contribution in [3.05, 3.63) is 9.33 Å². The quantitative estimate of drug-likeness (QED) is 0.802. The monoisotopic (exact) mass is 258 g/mol. The molecule has 0 unspecified atom stereocenters. The van der Waals surface area contributed by atoms with Gasteiger partial charge in [0.05, 0.1) is 5.38 Å². The molecule has 1 amide bonds. The van der Waals surface area contributed by atoms with Gasteiger partial charge in [-0.1, -0.05) is 19.3 Å². The van der Waals surface area contributed by atoms with Gasteiger partial charge in [0.25, 0.3) is 0 Å². The SMILES string of the molecule is O=C(Nn1c(O)csc1=S)C1CCCCC1. The van der Waals surface area contributed by atoms with Crippen LogP contribution in [-0.2, 0) is 4.79 Å². The lowest BCUT2D eigenvalue weighted by molar-refractivity contribution is -0.121. The fourth-order valence-electron chi connectivity index (χ4n) is 1.97. The molecule has 88 valence electrons. The van der Waals surface area contributed by atoms with E-state index in [-0.39, 0.29) is 17.7 Å². The summed E-state index contributed by atoms with van der Waals surface area (Å²) in [7, 11) is 0. The van der Waals surface area contributed by atoms with E-state index in [9.17, 15) is 9.90 Å². The summed E-state index contributed by atoms with van der Waals surface area (Å²) in [6.07, 6.45) is 5.30. The summed E-state index contributed by atoms with van der Waals surface area (Å²) >= 11 is 6.23. The number of amides is 1. The zero-order valence-electron chi connectivity index (χ0n) is 8.81. The predicted octanol–water partition coefficient (Wildman–Crippen LogP) is 2.64. The van der Waals surface area contributed by atoms with Crippen LogP contribution in [0.4, 0.5) is 0 Å². The predicted molar refractivity (Wildman–Crippen MR) is 65.8 cm³/mol. The molecule has 6 heteroatoms. The number of nitrogens with zero attached hydrogens (tertiary/aromatic N) is 1. The van der Waals surface area contributed by atoms with Gasteiger partial charge in [0.15, 0.2) is 3.95 Å². The molecular formula is C10H14N2O2S2. The van der Waals surface area contributed by atoms with Crippen molar-refractivity contribution in [1.82, 2.24) is 4.68 Å². The molecule has 1 heterocycles. The fourth-order valence-corrected chi connectivity index (χ4v) is 2.81. The molecule has 1 saturated carbocycles. The Balaban J connectivity index is 2.04. The number of hydrogen-bond acceptors (Lipinski definition) is 4. The van der Waals surface area contributed by atoms with Crippen molar-refractivity contribution in [3.63, 3.8) is 0 Å². The minimum atomic E-state index is -0.0375. The van der Waals surface area contributed by atoms with Crippen molar-refractivity contribution in [2.45, 2.75) is 32.1 Å². The van der Waals surface area contributed by atoms with Crippen molar-refractivity contribution < 1.29 is 9.90 Å². The minimum absolute atomic E-state index is 0.000778. The van der Waals surface area contributed by atoms with E-state index in [1.807, 2.05) is 0 Å². The highest BCUT2D eigenvalue weighted by Gasteiger charge is 2.21. The van der Waals surface area contributed by atoms with Gasteiger partial charge in [0.1, 0.15) is 0 Å². The Morgan fingerprint density at radius 3 is 2.75 bits per heavy atom. The van der Waals surface area contributed by atoms with Crippen LogP contribution in [0.1, 0.15) is 32.1 Å². The largest absolute Gasteiger partial charge is 0.493 e. The van der Waals surface area contributed by atoms with Gasteiger partial charge in [-0.15, -0.1) is 11.3 Å². The first-order chi connectivity index (χ1) is 7.68. The van der Waals surface area contributed by atoms with Gasteiger partial charge in [-0.2, -0.15) is 4.68 Å². The molecule has 1 aliphatic rings. The number of nitrogens with one attached hydrogen (secondary N) is 1. The Morgan fingerprint density at radius 2 is 2.19 bits per heavy atom. The second-order valence-corrected chi connectivity index (χ2v) is 5.51. The Bertz CT molecular complexity index is 432. The van der Waals surface area contributed by atoms with Gasteiger partial charge in [-0.05, 0) is 25.1 Å². The average Bonchev–Trinajstić information content (AvgIpc) is 2.62. The molecule has 0 bridgehead atoms. The second-order valence-electron chi connectivity index (χ2n) is 4.01. The highest BCUT2D eigenvalue weighted by Crippen LogP contribution is 2.24. The Morgan fingerprint density at radius 1 is 1.50 bits per heavy atom. The van der Waals surface area contributed by atoms with Gasteiger partial charge in [-0.25, -0.2) is 0 Å². The number of aromatic nitrogens is 1. The number of thiazole rings is 1. The third-order valence-corrected chi connectivity index (χ3v) is 4.06. The zero-order chi connectivity index (χ0) is 11.5. The van der Waals surface area contributed by atoms with Gasteiger partial charge in [0, 0.05) is 5.92 Å². The van der Waals surface area contributed by atoms with E-state index >= 15 is 0 Å². The van der Waals surface area contributed by atoms with E-state index in [0.717, 1.165) is 25.7 Å². The number of hydrogen-bond donors (Lipinski definition) is 2. The molecule has 1 aliphatic carbocycles. The van der Waals surface area contributed by atoms with Gasteiger partial charge >= 0.3 is 0 Å². The molecule has 0 atom stereocenters. The number of rotatable bonds is 2. The lowest BCUT2D eigenvalue weighted by Crippen LogP contribution is -2.30. The highest BCUT2D eigenvalue weighted by atomic mass is 32.1. The Hall–Kier alpha value is -0.880. The van der Waals surface area contributed by atoms with Crippen molar-refractivity contribution >= 4 is 29.5 Å². The molecule has 0 saturated heterocycles. The molecular weight excluding hydrogens is 244 g/mol. The van der Waals surface area contributed by atoms with Crippen LogP contribution in [0.15, 0.2) is 5.38 Å². The maximum atomic E-state index is 11.9.